The third-order valence-electron chi connectivity index (χ3n) is 2.86. The molecule has 0 saturated carbocycles. The summed E-state index contributed by atoms with van der Waals surface area (Å²) < 4.78 is 45.7. The van der Waals surface area contributed by atoms with Crippen LogP contribution in [0.4, 0.5) is 13.2 Å². The molecular weight excluding hydrogens is 285 g/mol. The van der Waals surface area contributed by atoms with Crippen LogP contribution in [-0.4, -0.2) is 14.9 Å². The number of aromatic nitrogens is 2. The topological polar surface area (TPSA) is 47.3 Å². The lowest BCUT2D eigenvalue weighted by Gasteiger charge is -2.13. The third-order valence-corrected chi connectivity index (χ3v) is 2.86. The van der Waals surface area contributed by atoms with Crippen molar-refractivity contribution in [2.45, 2.75) is 32.7 Å². The van der Waals surface area contributed by atoms with Gasteiger partial charge < -0.3 is 9.84 Å². The van der Waals surface area contributed by atoms with Crippen LogP contribution >= 0.6 is 0 Å². The van der Waals surface area contributed by atoms with Crippen LogP contribution in [0, 0.1) is 0 Å². The summed E-state index contributed by atoms with van der Waals surface area (Å²) in [6.07, 6.45) is -0.575. The van der Waals surface area contributed by atoms with Crippen molar-refractivity contribution in [2.24, 2.45) is 0 Å². The van der Waals surface area contributed by atoms with Crippen molar-refractivity contribution in [3.8, 4) is 11.5 Å². The van der Waals surface area contributed by atoms with Crippen molar-refractivity contribution in [2.75, 3.05) is 0 Å². The van der Waals surface area contributed by atoms with Gasteiger partial charge in [0.15, 0.2) is 5.75 Å². The maximum absolute atomic E-state index is 12.9. The number of aryl methyl sites for hydroxylation is 1. The van der Waals surface area contributed by atoms with Gasteiger partial charge in [-0.1, -0.05) is 13.0 Å². The average Bonchev–Trinajstić information content (AvgIpc) is 2.85. The monoisotopic (exact) mass is 300 g/mol. The molecule has 0 spiro atoms. The van der Waals surface area contributed by atoms with E-state index < -0.39 is 18.3 Å². The number of hydrogen-bond acceptors (Lipinski definition) is 3. The van der Waals surface area contributed by atoms with Gasteiger partial charge in [-0.15, -0.1) is 0 Å². The molecule has 0 aliphatic rings. The highest BCUT2D eigenvalue weighted by Gasteiger charge is 2.33. The highest BCUT2D eigenvalue weighted by molar-refractivity contribution is 5.39. The number of nitrogens with zero attached hydrogens (tertiary/aromatic N) is 2. The van der Waals surface area contributed by atoms with E-state index >= 15 is 0 Å². The summed E-state index contributed by atoms with van der Waals surface area (Å²) in [6.45, 7) is 2.02. The van der Waals surface area contributed by atoms with E-state index in [-0.39, 0.29) is 11.3 Å². The lowest BCUT2D eigenvalue weighted by molar-refractivity contribution is -0.138. The fourth-order valence-electron chi connectivity index (χ4n) is 1.91. The van der Waals surface area contributed by atoms with Crippen LogP contribution < -0.4 is 4.74 Å². The summed E-state index contributed by atoms with van der Waals surface area (Å²) in [6, 6.07) is 3.47. The fourth-order valence-corrected chi connectivity index (χ4v) is 1.91. The van der Waals surface area contributed by atoms with Crippen LogP contribution in [0.5, 0.6) is 11.5 Å². The molecule has 0 unspecified atom stereocenters. The van der Waals surface area contributed by atoms with Gasteiger partial charge in [0, 0.05) is 6.54 Å². The second-order valence-electron chi connectivity index (χ2n) is 4.52. The van der Waals surface area contributed by atoms with E-state index in [4.69, 9.17) is 9.84 Å². The lowest BCUT2D eigenvalue weighted by Crippen LogP contribution is -2.09. The van der Waals surface area contributed by atoms with Crippen molar-refractivity contribution in [1.82, 2.24) is 9.78 Å². The minimum Gasteiger partial charge on any atom is -0.454 e. The maximum atomic E-state index is 12.9. The number of benzene rings is 1. The van der Waals surface area contributed by atoms with E-state index in [0.717, 1.165) is 12.5 Å². The van der Waals surface area contributed by atoms with E-state index in [0.29, 0.717) is 12.3 Å². The Morgan fingerprint density at radius 3 is 2.67 bits per heavy atom. The molecule has 0 amide bonds. The molecule has 0 atom stereocenters. The number of ether oxygens (including phenoxy) is 1. The Balaban J connectivity index is 2.24. The van der Waals surface area contributed by atoms with Crippen LogP contribution in [0.2, 0.25) is 0 Å². The van der Waals surface area contributed by atoms with Crippen LogP contribution in [-0.2, 0) is 19.3 Å². The van der Waals surface area contributed by atoms with Crippen molar-refractivity contribution >= 4 is 0 Å². The summed E-state index contributed by atoms with van der Waals surface area (Å²) in [5.74, 6) is 0.420. The standard InChI is InChI=1S/C14H15F3N2O2/c1-2-5-19-8-12(7-18-19)21-11-4-3-10(9-20)13(6-11)14(15,16)17/h3-4,6-8,20H,2,5,9H2,1H3. The normalized spacial score (nSPS) is 11.7. The van der Waals surface area contributed by atoms with Crippen LogP contribution in [0.25, 0.3) is 0 Å². The molecule has 0 bridgehead atoms. The number of hydrogen-bond donors (Lipinski definition) is 1. The molecule has 0 radical (unpaired) electrons. The third kappa shape index (κ3) is 3.75. The summed E-state index contributed by atoms with van der Waals surface area (Å²) in [7, 11) is 0. The first-order chi connectivity index (χ1) is 9.94. The van der Waals surface area contributed by atoms with Crippen LogP contribution in [0.3, 0.4) is 0 Å². The zero-order valence-electron chi connectivity index (χ0n) is 11.4. The smallest absolute Gasteiger partial charge is 0.416 e. The predicted octanol–water partition coefficient (Wildman–Crippen LogP) is 3.60. The van der Waals surface area contributed by atoms with Gasteiger partial charge >= 0.3 is 6.18 Å². The van der Waals surface area contributed by atoms with Gasteiger partial charge in [-0.3, -0.25) is 4.68 Å². The summed E-state index contributed by atoms with van der Waals surface area (Å²) in [5.41, 5.74) is -1.08. The lowest BCUT2D eigenvalue weighted by atomic mass is 10.1. The number of alkyl halides is 3. The largest absolute Gasteiger partial charge is 0.454 e. The van der Waals surface area contributed by atoms with Crippen molar-refractivity contribution < 1.29 is 23.0 Å². The van der Waals surface area contributed by atoms with Crippen molar-refractivity contribution in [3.05, 3.63) is 41.7 Å². The SMILES string of the molecule is CCCn1cc(Oc2ccc(CO)c(C(F)(F)F)c2)cn1. The summed E-state index contributed by atoms with van der Waals surface area (Å²) in [4.78, 5) is 0. The first-order valence-electron chi connectivity index (χ1n) is 6.45. The molecule has 0 fully saturated rings. The minimum absolute atomic E-state index is 0.0515. The first-order valence-corrected chi connectivity index (χ1v) is 6.45. The molecule has 0 saturated heterocycles. The van der Waals surface area contributed by atoms with Crippen molar-refractivity contribution in [3.63, 3.8) is 0 Å². The molecule has 4 nitrogen and oxygen atoms in total. The average molecular weight is 300 g/mol. The molecule has 2 aromatic rings. The highest BCUT2D eigenvalue weighted by atomic mass is 19.4. The molecule has 7 heteroatoms. The van der Waals surface area contributed by atoms with Gasteiger partial charge in [0.25, 0.3) is 0 Å². The zero-order valence-corrected chi connectivity index (χ0v) is 11.4. The zero-order chi connectivity index (χ0) is 15.5. The van der Waals surface area contributed by atoms with Crippen LogP contribution in [0.15, 0.2) is 30.6 Å². The minimum atomic E-state index is -4.54. The first kappa shape index (κ1) is 15.4. The number of aliphatic hydroxyl groups is 1. The fraction of sp³-hybridized carbons (Fsp3) is 0.357. The van der Waals surface area contributed by atoms with Crippen LogP contribution in [0.1, 0.15) is 24.5 Å². The van der Waals surface area contributed by atoms with Gasteiger partial charge in [-0.25, -0.2) is 0 Å². The summed E-state index contributed by atoms with van der Waals surface area (Å²) >= 11 is 0. The van der Waals surface area contributed by atoms with Gasteiger partial charge in [0.2, 0.25) is 0 Å². The number of rotatable bonds is 5. The second kappa shape index (κ2) is 6.17. The summed E-state index contributed by atoms with van der Waals surface area (Å²) in [5, 5.41) is 13.0. The molecule has 1 heterocycles. The molecule has 0 aliphatic heterocycles. The molecule has 114 valence electrons. The van der Waals surface area contributed by atoms with E-state index in [1.807, 2.05) is 6.92 Å². The van der Waals surface area contributed by atoms with Gasteiger partial charge in [-0.05, 0) is 24.1 Å². The Morgan fingerprint density at radius 1 is 1.29 bits per heavy atom. The predicted molar refractivity (Wildman–Crippen MR) is 70.0 cm³/mol. The molecule has 1 aromatic heterocycles. The molecule has 2 rings (SSSR count). The van der Waals surface area contributed by atoms with E-state index in [2.05, 4.69) is 5.10 Å². The molecule has 1 N–H and O–H groups in total. The van der Waals surface area contributed by atoms with E-state index in [9.17, 15) is 13.2 Å². The molecule has 1 aromatic carbocycles. The Hall–Kier alpha value is -2.02. The Labute approximate surface area is 119 Å². The number of aliphatic hydroxyl groups excluding tert-OH is 1. The van der Waals surface area contributed by atoms with Gasteiger partial charge in [0.1, 0.15) is 5.75 Å². The van der Waals surface area contributed by atoms with Gasteiger partial charge in [-0.2, -0.15) is 18.3 Å². The Kier molecular flexibility index (Phi) is 4.52. The Bertz CT molecular complexity index is 609. The van der Waals surface area contributed by atoms with Crippen molar-refractivity contribution in [1.29, 1.82) is 0 Å². The second-order valence-corrected chi connectivity index (χ2v) is 4.52. The number of halogens is 3. The van der Waals surface area contributed by atoms with E-state index in [1.165, 1.54) is 18.3 Å². The highest BCUT2D eigenvalue weighted by Crippen LogP contribution is 2.35. The molecule has 21 heavy (non-hydrogen) atoms. The molecular formula is C14H15F3N2O2. The molecule has 0 aliphatic carbocycles. The van der Waals surface area contributed by atoms with E-state index in [1.54, 1.807) is 10.9 Å². The quantitative estimate of drug-likeness (QED) is 0.918. The Morgan fingerprint density at radius 2 is 2.05 bits per heavy atom. The maximum Gasteiger partial charge on any atom is 0.416 e. The van der Waals surface area contributed by atoms with Gasteiger partial charge in [0.05, 0.1) is 24.6 Å².